The zero-order chi connectivity index (χ0) is 16.6. The van der Waals surface area contributed by atoms with E-state index in [1.54, 1.807) is 14.0 Å². The number of hydrogen-bond acceptors (Lipinski definition) is 3. The van der Waals surface area contributed by atoms with Crippen molar-refractivity contribution in [1.29, 1.82) is 0 Å². The van der Waals surface area contributed by atoms with Crippen LogP contribution in [0.4, 0.5) is 4.79 Å². The number of aliphatic hydroxyl groups is 1. The molecule has 1 aromatic rings. The lowest BCUT2D eigenvalue weighted by atomic mass is 9.93. The molecule has 22 heavy (non-hydrogen) atoms. The second-order valence-corrected chi connectivity index (χ2v) is 6.22. The summed E-state index contributed by atoms with van der Waals surface area (Å²) in [6.45, 7) is 6.49. The van der Waals surface area contributed by atoms with Crippen LogP contribution in [0, 0.1) is 0 Å². The van der Waals surface area contributed by atoms with Crippen LogP contribution >= 0.6 is 0 Å². The van der Waals surface area contributed by atoms with E-state index in [1.807, 2.05) is 44.2 Å². The number of hydrogen-bond donors (Lipinski definition) is 3. The average molecular weight is 308 g/mol. The summed E-state index contributed by atoms with van der Waals surface area (Å²) in [4.78, 5) is 11.9. The Morgan fingerprint density at radius 1 is 1.27 bits per heavy atom. The maximum absolute atomic E-state index is 11.9. The number of carbonyl (C=O) groups is 1. The molecule has 0 aliphatic heterocycles. The number of ether oxygens (including phenoxy) is 1. The predicted octanol–water partition coefficient (Wildman–Crippen LogP) is 2.27. The number of methoxy groups -OCH3 is 1. The molecule has 0 saturated carbocycles. The smallest absolute Gasteiger partial charge is 0.314 e. The lowest BCUT2D eigenvalue weighted by Gasteiger charge is -2.24. The summed E-state index contributed by atoms with van der Waals surface area (Å²) in [5, 5.41) is 15.3. The van der Waals surface area contributed by atoms with E-state index in [4.69, 9.17) is 4.74 Å². The third-order valence-corrected chi connectivity index (χ3v) is 3.63. The Morgan fingerprint density at radius 3 is 2.45 bits per heavy atom. The second kappa shape index (κ2) is 8.76. The van der Waals surface area contributed by atoms with Crippen molar-refractivity contribution in [2.24, 2.45) is 0 Å². The Kier molecular flexibility index (Phi) is 7.35. The molecule has 0 aliphatic carbocycles. The van der Waals surface area contributed by atoms with E-state index in [0.29, 0.717) is 19.5 Å². The molecule has 0 saturated heterocycles. The van der Waals surface area contributed by atoms with Crippen LogP contribution in [-0.4, -0.2) is 43.0 Å². The normalized spacial score (nSPS) is 14.2. The standard InChI is InChI=1S/C17H28N2O3/c1-13(20)10-15(14-8-6-5-7-9-14)11-18-16(21)19-12-17(2,3)22-4/h5-9,13,15,20H,10-12H2,1-4H3,(H2,18,19,21). The SMILES string of the molecule is COC(C)(C)CNC(=O)NCC(CC(C)O)c1ccccc1. The van der Waals surface area contributed by atoms with Gasteiger partial charge in [0.05, 0.1) is 11.7 Å². The van der Waals surface area contributed by atoms with Gasteiger partial charge in [0.2, 0.25) is 0 Å². The molecule has 2 amide bonds. The van der Waals surface area contributed by atoms with Crippen molar-refractivity contribution in [2.75, 3.05) is 20.2 Å². The van der Waals surface area contributed by atoms with E-state index in [-0.39, 0.29) is 11.9 Å². The van der Waals surface area contributed by atoms with E-state index in [1.165, 1.54) is 0 Å². The van der Waals surface area contributed by atoms with Gasteiger partial charge in [0.15, 0.2) is 0 Å². The van der Waals surface area contributed by atoms with Crippen LogP contribution in [0.15, 0.2) is 30.3 Å². The number of benzene rings is 1. The van der Waals surface area contributed by atoms with Crippen molar-refractivity contribution >= 4 is 6.03 Å². The minimum absolute atomic E-state index is 0.0855. The summed E-state index contributed by atoms with van der Waals surface area (Å²) in [6.07, 6.45) is 0.191. The largest absolute Gasteiger partial charge is 0.393 e. The molecule has 124 valence electrons. The zero-order valence-electron chi connectivity index (χ0n) is 13.9. The molecule has 0 radical (unpaired) electrons. The molecule has 1 rings (SSSR count). The molecular formula is C17H28N2O3. The number of rotatable bonds is 8. The third-order valence-electron chi connectivity index (χ3n) is 3.63. The molecule has 0 spiro atoms. The highest BCUT2D eigenvalue weighted by Gasteiger charge is 2.18. The van der Waals surface area contributed by atoms with Crippen LogP contribution in [0.5, 0.6) is 0 Å². The second-order valence-electron chi connectivity index (χ2n) is 6.22. The van der Waals surface area contributed by atoms with Crippen LogP contribution in [0.3, 0.4) is 0 Å². The molecule has 0 heterocycles. The van der Waals surface area contributed by atoms with Gasteiger partial charge >= 0.3 is 6.03 Å². The van der Waals surface area contributed by atoms with E-state index in [0.717, 1.165) is 5.56 Å². The third kappa shape index (κ3) is 6.91. The van der Waals surface area contributed by atoms with Gasteiger partial charge in [-0.3, -0.25) is 0 Å². The highest BCUT2D eigenvalue weighted by Crippen LogP contribution is 2.20. The molecule has 1 aromatic carbocycles. The Morgan fingerprint density at radius 2 is 1.91 bits per heavy atom. The predicted molar refractivity (Wildman–Crippen MR) is 88.0 cm³/mol. The van der Waals surface area contributed by atoms with Crippen molar-refractivity contribution in [3.05, 3.63) is 35.9 Å². The lowest BCUT2D eigenvalue weighted by molar-refractivity contribution is 0.0254. The number of nitrogens with one attached hydrogen (secondary N) is 2. The maximum Gasteiger partial charge on any atom is 0.314 e. The van der Waals surface area contributed by atoms with E-state index >= 15 is 0 Å². The quantitative estimate of drug-likeness (QED) is 0.690. The number of aliphatic hydroxyl groups excluding tert-OH is 1. The molecule has 2 unspecified atom stereocenters. The molecule has 0 aromatic heterocycles. The Labute approximate surface area is 133 Å². The first-order chi connectivity index (χ1) is 10.3. The minimum atomic E-state index is -0.414. The molecule has 5 nitrogen and oxygen atoms in total. The maximum atomic E-state index is 11.9. The lowest BCUT2D eigenvalue weighted by Crippen LogP contribution is -2.45. The first kappa shape index (κ1) is 18.5. The molecule has 0 aliphatic rings. The van der Waals surface area contributed by atoms with E-state index in [2.05, 4.69) is 10.6 Å². The van der Waals surface area contributed by atoms with Gasteiger partial charge in [0.25, 0.3) is 0 Å². The Hall–Kier alpha value is -1.59. The fourth-order valence-corrected chi connectivity index (χ4v) is 2.12. The summed E-state index contributed by atoms with van der Waals surface area (Å²) < 4.78 is 5.26. The highest BCUT2D eigenvalue weighted by atomic mass is 16.5. The molecule has 3 N–H and O–H groups in total. The van der Waals surface area contributed by atoms with Gasteiger partial charge in [-0.05, 0) is 32.8 Å². The van der Waals surface area contributed by atoms with E-state index < -0.39 is 11.7 Å². The fraction of sp³-hybridized carbons (Fsp3) is 0.588. The highest BCUT2D eigenvalue weighted by molar-refractivity contribution is 5.73. The van der Waals surface area contributed by atoms with Crippen molar-refractivity contribution in [3.63, 3.8) is 0 Å². The first-order valence-corrected chi connectivity index (χ1v) is 7.64. The van der Waals surface area contributed by atoms with Crippen molar-refractivity contribution in [3.8, 4) is 0 Å². The molecule has 0 bridgehead atoms. The minimum Gasteiger partial charge on any atom is -0.393 e. The van der Waals surface area contributed by atoms with Crippen LogP contribution in [0.2, 0.25) is 0 Å². The van der Waals surface area contributed by atoms with Crippen LogP contribution in [-0.2, 0) is 4.74 Å². The molecular weight excluding hydrogens is 280 g/mol. The van der Waals surface area contributed by atoms with Crippen LogP contribution < -0.4 is 10.6 Å². The van der Waals surface area contributed by atoms with Gasteiger partial charge in [0, 0.05) is 26.1 Å². The summed E-state index contributed by atoms with van der Waals surface area (Å²) in [5.74, 6) is 0.0855. The number of amides is 2. The summed E-state index contributed by atoms with van der Waals surface area (Å²) in [6, 6.07) is 9.69. The van der Waals surface area contributed by atoms with Gasteiger partial charge in [-0.25, -0.2) is 4.79 Å². The van der Waals surface area contributed by atoms with Gasteiger partial charge in [-0.1, -0.05) is 30.3 Å². The fourth-order valence-electron chi connectivity index (χ4n) is 2.12. The number of carbonyl (C=O) groups excluding carboxylic acids is 1. The molecule has 5 heteroatoms. The average Bonchev–Trinajstić information content (AvgIpc) is 2.50. The summed E-state index contributed by atoms with van der Waals surface area (Å²) in [7, 11) is 1.62. The Balaban J connectivity index is 2.52. The molecule has 2 atom stereocenters. The monoisotopic (exact) mass is 308 g/mol. The van der Waals surface area contributed by atoms with Crippen molar-refractivity contribution < 1.29 is 14.6 Å². The van der Waals surface area contributed by atoms with Gasteiger partial charge in [0.1, 0.15) is 0 Å². The van der Waals surface area contributed by atoms with Crippen LogP contribution in [0.1, 0.15) is 38.7 Å². The number of urea groups is 1. The zero-order valence-corrected chi connectivity index (χ0v) is 13.9. The van der Waals surface area contributed by atoms with E-state index in [9.17, 15) is 9.90 Å². The van der Waals surface area contributed by atoms with Gasteiger partial charge < -0.3 is 20.5 Å². The van der Waals surface area contributed by atoms with Crippen molar-refractivity contribution in [2.45, 2.75) is 44.8 Å². The first-order valence-electron chi connectivity index (χ1n) is 7.64. The van der Waals surface area contributed by atoms with Crippen molar-refractivity contribution in [1.82, 2.24) is 10.6 Å². The topological polar surface area (TPSA) is 70.6 Å². The van der Waals surface area contributed by atoms with Crippen LogP contribution in [0.25, 0.3) is 0 Å². The van der Waals surface area contributed by atoms with Gasteiger partial charge in [-0.2, -0.15) is 0 Å². The van der Waals surface area contributed by atoms with Gasteiger partial charge in [-0.15, -0.1) is 0 Å². The summed E-state index contributed by atoms with van der Waals surface area (Å²) in [5.41, 5.74) is 0.719. The summed E-state index contributed by atoms with van der Waals surface area (Å²) >= 11 is 0. The molecule has 0 fully saturated rings. The Bertz CT molecular complexity index is 446.